The molecule has 2 heterocycles. The zero-order chi connectivity index (χ0) is 18.4. The molecule has 0 radical (unpaired) electrons. The van der Waals surface area contributed by atoms with Gasteiger partial charge in [0.25, 0.3) is 0 Å². The van der Waals surface area contributed by atoms with Gasteiger partial charge in [0.05, 0.1) is 12.6 Å². The van der Waals surface area contributed by atoms with Crippen LogP contribution in [0.2, 0.25) is 0 Å². The molecule has 1 N–H and O–H groups in total. The fraction of sp³-hybridized carbons (Fsp3) is 0.632. The van der Waals surface area contributed by atoms with Gasteiger partial charge in [0.15, 0.2) is 0 Å². The minimum Gasteiger partial charge on any atom is -0.485 e. The molecule has 1 aromatic carbocycles. The van der Waals surface area contributed by atoms with Crippen LogP contribution in [0.3, 0.4) is 0 Å². The Morgan fingerprint density at radius 1 is 1.48 bits per heavy atom. The minimum absolute atomic E-state index is 0.320. The van der Waals surface area contributed by atoms with Crippen molar-refractivity contribution >= 4 is 22.0 Å². The van der Waals surface area contributed by atoms with Crippen LogP contribution in [0.25, 0.3) is 0 Å². The van der Waals surface area contributed by atoms with E-state index in [9.17, 15) is 9.90 Å². The Labute approximate surface area is 157 Å². The number of aliphatic hydroxyl groups is 1. The normalized spacial score (nSPS) is 25.7. The van der Waals surface area contributed by atoms with Gasteiger partial charge in [-0.3, -0.25) is 0 Å². The first-order valence-electron chi connectivity index (χ1n) is 8.80. The number of nitrogens with zero attached hydrogens (tertiary/aromatic N) is 1. The number of hydrogen-bond acceptors (Lipinski definition) is 4. The van der Waals surface area contributed by atoms with Crippen molar-refractivity contribution in [3.05, 3.63) is 27.7 Å². The van der Waals surface area contributed by atoms with E-state index in [-0.39, 0.29) is 6.09 Å². The van der Waals surface area contributed by atoms with Crippen LogP contribution in [0.4, 0.5) is 4.79 Å². The largest absolute Gasteiger partial charge is 0.485 e. The summed E-state index contributed by atoms with van der Waals surface area (Å²) >= 11 is 3.50. The average Bonchev–Trinajstić information content (AvgIpc) is 2.89. The molecule has 0 unspecified atom stereocenters. The van der Waals surface area contributed by atoms with Gasteiger partial charge < -0.3 is 19.5 Å². The summed E-state index contributed by atoms with van der Waals surface area (Å²) in [7, 11) is 0. The second kappa shape index (κ2) is 6.47. The molecule has 25 heavy (non-hydrogen) atoms. The molecule has 138 valence electrons. The van der Waals surface area contributed by atoms with Crippen LogP contribution in [-0.2, 0) is 11.2 Å². The van der Waals surface area contributed by atoms with E-state index in [1.54, 1.807) is 4.90 Å². The Morgan fingerprint density at radius 3 is 2.84 bits per heavy atom. The predicted octanol–water partition coefficient (Wildman–Crippen LogP) is 4.21. The molecule has 0 saturated carbocycles. The topological polar surface area (TPSA) is 59.0 Å². The molecule has 1 spiro atoms. The number of fused-ring (bicyclic) bond motifs is 1. The van der Waals surface area contributed by atoms with E-state index < -0.39 is 17.3 Å². The quantitative estimate of drug-likeness (QED) is 0.751. The van der Waals surface area contributed by atoms with Crippen LogP contribution < -0.4 is 4.74 Å². The van der Waals surface area contributed by atoms with Crippen molar-refractivity contribution < 1.29 is 19.4 Å². The lowest BCUT2D eigenvalue weighted by Crippen LogP contribution is -2.45. The number of aryl methyl sites for hydroxylation is 1. The lowest BCUT2D eigenvalue weighted by molar-refractivity contribution is -0.0137. The molecule has 1 aromatic rings. The lowest BCUT2D eigenvalue weighted by atomic mass is 9.87. The summed E-state index contributed by atoms with van der Waals surface area (Å²) in [4.78, 5) is 14.0. The molecule has 2 atom stereocenters. The van der Waals surface area contributed by atoms with Crippen molar-refractivity contribution in [3.63, 3.8) is 0 Å². The van der Waals surface area contributed by atoms with Crippen LogP contribution >= 0.6 is 15.9 Å². The maximum absolute atomic E-state index is 12.4. The third kappa shape index (κ3) is 3.80. The molecule has 1 fully saturated rings. The highest BCUT2D eigenvalue weighted by atomic mass is 79.9. The van der Waals surface area contributed by atoms with Crippen molar-refractivity contribution in [1.82, 2.24) is 4.90 Å². The molecular formula is C19H26BrNO4. The van der Waals surface area contributed by atoms with E-state index in [1.165, 1.54) is 0 Å². The number of carbonyl (C=O) groups excluding carboxylic acids is 1. The second-order valence-corrected chi connectivity index (χ2v) is 8.91. The second-order valence-electron chi connectivity index (χ2n) is 7.99. The standard InChI is InChI=1S/C19H26BrNO4/c1-5-12-8-13(20)9-14-15(22)10-19(24-16(12)14)6-7-21(11-19)17(23)25-18(2,3)4/h8-9,15,22H,5-7,10-11H2,1-4H3/t15-,19-/m0/s1. The minimum atomic E-state index is -0.592. The molecule has 3 rings (SSSR count). The number of ether oxygens (including phenoxy) is 2. The average molecular weight is 412 g/mol. The molecule has 1 amide bonds. The molecule has 0 aromatic heterocycles. The van der Waals surface area contributed by atoms with Crippen molar-refractivity contribution in [2.75, 3.05) is 13.1 Å². The molecule has 0 aliphatic carbocycles. The highest BCUT2D eigenvalue weighted by Crippen LogP contribution is 2.46. The van der Waals surface area contributed by atoms with Gasteiger partial charge in [0, 0.05) is 29.4 Å². The van der Waals surface area contributed by atoms with E-state index in [0.717, 1.165) is 27.8 Å². The molecule has 6 heteroatoms. The van der Waals surface area contributed by atoms with Crippen molar-refractivity contribution in [3.8, 4) is 5.75 Å². The third-order valence-corrected chi connectivity index (χ3v) is 5.21. The number of benzene rings is 1. The highest BCUT2D eigenvalue weighted by molar-refractivity contribution is 9.10. The number of halogens is 1. The first kappa shape index (κ1) is 18.5. The van der Waals surface area contributed by atoms with Gasteiger partial charge in [-0.25, -0.2) is 4.79 Å². The van der Waals surface area contributed by atoms with Gasteiger partial charge >= 0.3 is 6.09 Å². The maximum atomic E-state index is 12.4. The van der Waals surface area contributed by atoms with Crippen LogP contribution in [0.1, 0.15) is 57.8 Å². The van der Waals surface area contributed by atoms with Crippen LogP contribution in [0, 0.1) is 0 Å². The van der Waals surface area contributed by atoms with Gasteiger partial charge in [-0.2, -0.15) is 0 Å². The zero-order valence-electron chi connectivity index (χ0n) is 15.3. The molecule has 0 bridgehead atoms. The number of aliphatic hydroxyl groups excluding tert-OH is 1. The Balaban J connectivity index is 1.83. The summed E-state index contributed by atoms with van der Waals surface area (Å²) in [5.74, 6) is 0.774. The van der Waals surface area contributed by atoms with Gasteiger partial charge in [0.2, 0.25) is 0 Å². The molecule has 2 aliphatic rings. The molecule has 1 saturated heterocycles. The van der Waals surface area contributed by atoms with Crippen molar-refractivity contribution in [2.24, 2.45) is 0 Å². The molecule has 5 nitrogen and oxygen atoms in total. The summed E-state index contributed by atoms with van der Waals surface area (Å²) in [6, 6.07) is 3.96. The SMILES string of the molecule is CCc1cc(Br)cc2c1O[C@@]1(CCN(C(=O)OC(C)(C)C)C1)C[C@@H]2O. The highest BCUT2D eigenvalue weighted by Gasteiger charge is 2.48. The summed E-state index contributed by atoms with van der Waals surface area (Å²) in [6.07, 6.45) is 1.09. The van der Waals surface area contributed by atoms with E-state index >= 15 is 0 Å². The van der Waals surface area contributed by atoms with Crippen LogP contribution in [0.15, 0.2) is 16.6 Å². The Hall–Kier alpha value is -1.27. The summed E-state index contributed by atoms with van der Waals surface area (Å²) in [5, 5.41) is 10.7. The Morgan fingerprint density at radius 2 is 2.20 bits per heavy atom. The number of likely N-dealkylation sites (tertiary alicyclic amines) is 1. The summed E-state index contributed by atoms with van der Waals surface area (Å²) in [6.45, 7) is 8.67. The van der Waals surface area contributed by atoms with Crippen molar-refractivity contribution in [2.45, 2.75) is 64.3 Å². The number of carbonyl (C=O) groups is 1. The fourth-order valence-electron chi connectivity index (χ4n) is 3.61. The van der Waals surface area contributed by atoms with Gasteiger partial charge in [0.1, 0.15) is 17.0 Å². The van der Waals surface area contributed by atoms with Gasteiger partial charge in [-0.1, -0.05) is 22.9 Å². The summed E-state index contributed by atoms with van der Waals surface area (Å²) < 4.78 is 12.8. The van der Waals surface area contributed by atoms with Gasteiger partial charge in [-0.15, -0.1) is 0 Å². The van der Waals surface area contributed by atoms with Gasteiger partial charge in [-0.05, 0) is 44.9 Å². The number of hydrogen-bond donors (Lipinski definition) is 1. The predicted molar refractivity (Wildman–Crippen MR) is 98.9 cm³/mol. The summed E-state index contributed by atoms with van der Waals surface area (Å²) in [5.41, 5.74) is 0.834. The van der Waals surface area contributed by atoms with Crippen LogP contribution in [0.5, 0.6) is 5.75 Å². The first-order chi connectivity index (χ1) is 11.6. The lowest BCUT2D eigenvalue weighted by Gasteiger charge is -2.39. The van der Waals surface area contributed by atoms with E-state index in [0.29, 0.717) is 25.9 Å². The molecule has 2 aliphatic heterocycles. The Bertz CT molecular complexity index is 685. The molecular weight excluding hydrogens is 386 g/mol. The number of rotatable bonds is 1. The van der Waals surface area contributed by atoms with E-state index in [1.807, 2.05) is 32.9 Å². The van der Waals surface area contributed by atoms with E-state index in [2.05, 4.69) is 22.9 Å². The van der Waals surface area contributed by atoms with E-state index in [4.69, 9.17) is 9.47 Å². The Kier molecular flexibility index (Phi) is 4.79. The number of amides is 1. The fourth-order valence-corrected chi connectivity index (χ4v) is 4.13. The third-order valence-electron chi connectivity index (χ3n) is 4.75. The van der Waals surface area contributed by atoms with Crippen molar-refractivity contribution in [1.29, 1.82) is 0 Å². The first-order valence-corrected chi connectivity index (χ1v) is 9.59. The van der Waals surface area contributed by atoms with Crippen LogP contribution in [-0.4, -0.2) is 40.4 Å². The zero-order valence-corrected chi connectivity index (χ0v) is 16.9. The maximum Gasteiger partial charge on any atom is 0.410 e. The monoisotopic (exact) mass is 411 g/mol. The smallest absolute Gasteiger partial charge is 0.410 e.